The first-order valence-corrected chi connectivity index (χ1v) is 13.3. The molecule has 1 spiro atoms. The van der Waals surface area contributed by atoms with E-state index in [2.05, 4.69) is 10.2 Å². The zero-order valence-electron chi connectivity index (χ0n) is 21.8. The van der Waals surface area contributed by atoms with Crippen LogP contribution >= 0.6 is 0 Å². The Bertz CT molecular complexity index is 1260. The van der Waals surface area contributed by atoms with Crippen LogP contribution in [0.15, 0.2) is 91.0 Å². The number of piperidine rings is 1. The highest BCUT2D eigenvalue weighted by molar-refractivity contribution is 5.99. The highest BCUT2D eigenvalue weighted by Crippen LogP contribution is 2.40. The number of carbonyl (C=O) groups excluding carboxylic acids is 3. The lowest BCUT2D eigenvalue weighted by atomic mass is 9.84. The number of rotatable bonds is 7. The molecule has 3 amide bonds. The standard InChI is InChI=1S/C31H34N4O3/c1-2-27(24-12-6-3-7-13-24)29(37)33-20-18-31(19-21-33)30(38)34(23-35(31)26-16-10-5-11-17-26)22-28(36)32-25-14-8-4-9-15-25/h3-17,27H,2,18-23H2,1H3,(H,32,36)/t27-/m0/s1. The first-order valence-electron chi connectivity index (χ1n) is 13.3. The van der Waals surface area contributed by atoms with Gasteiger partial charge in [0.1, 0.15) is 12.1 Å². The molecule has 0 saturated carbocycles. The maximum atomic E-state index is 13.9. The summed E-state index contributed by atoms with van der Waals surface area (Å²) in [5.74, 6) is -0.347. The van der Waals surface area contributed by atoms with Gasteiger partial charge in [0.05, 0.1) is 12.6 Å². The van der Waals surface area contributed by atoms with Crippen LogP contribution in [0.5, 0.6) is 0 Å². The van der Waals surface area contributed by atoms with E-state index in [1.165, 1.54) is 0 Å². The maximum absolute atomic E-state index is 13.9. The number of amides is 3. The lowest BCUT2D eigenvalue weighted by Crippen LogP contribution is -2.57. The Kier molecular flexibility index (Phi) is 7.45. The van der Waals surface area contributed by atoms with Crippen molar-refractivity contribution in [2.75, 3.05) is 36.5 Å². The van der Waals surface area contributed by atoms with E-state index in [9.17, 15) is 14.4 Å². The fourth-order valence-electron chi connectivity index (χ4n) is 5.77. The first kappa shape index (κ1) is 25.5. The first-order chi connectivity index (χ1) is 18.5. The molecule has 38 heavy (non-hydrogen) atoms. The number of nitrogens with one attached hydrogen (secondary N) is 1. The quantitative estimate of drug-likeness (QED) is 0.509. The monoisotopic (exact) mass is 510 g/mol. The number of nitrogens with zero attached hydrogens (tertiary/aromatic N) is 3. The summed E-state index contributed by atoms with van der Waals surface area (Å²) in [5, 5.41) is 2.89. The Morgan fingerprint density at radius 3 is 2.05 bits per heavy atom. The van der Waals surface area contributed by atoms with Crippen molar-refractivity contribution in [1.82, 2.24) is 9.80 Å². The van der Waals surface area contributed by atoms with Gasteiger partial charge in [-0.3, -0.25) is 14.4 Å². The number of hydrogen-bond acceptors (Lipinski definition) is 4. The van der Waals surface area contributed by atoms with Crippen molar-refractivity contribution >= 4 is 29.1 Å². The largest absolute Gasteiger partial charge is 0.342 e. The summed E-state index contributed by atoms with van der Waals surface area (Å²) in [4.78, 5) is 46.0. The Hall–Kier alpha value is -4.13. The van der Waals surface area contributed by atoms with Crippen LogP contribution in [-0.2, 0) is 14.4 Å². The number of anilines is 2. The third-order valence-electron chi connectivity index (χ3n) is 7.78. The molecule has 7 heteroatoms. The molecule has 2 heterocycles. The average molecular weight is 511 g/mol. The minimum absolute atomic E-state index is 0.0205. The van der Waals surface area contributed by atoms with Gasteiger partial charge < -0.3 is 20.0 Å². The lowest BCUT2D eigenvalue weighted by molar-refractivity contribution is -0.140. The normalized spacial score (nSPS) is 17.5. The summed E-state index contributed by atoms with van der Waals surface area (Å²) < 4.78 is 0. The fraction of sp³-hybridized carbons (Fsp3) is 0.323. The second-order valence-corrected chi connectivity index (χ2v) is 10.1. The van der Waals surface area contributed by atoms with Crippen molar-refractivity contribution < 1.29 is 14.4 Å². The highest BCUT2D eigenvalue weighted by atomic mass is 16.2. The zero-order valence-corrected chi connectivity index (χ0v) is 21.8. The van der Waals surface area contributed by atoms with Crippen LogP contribution in [0.25, 0.3) is 0 Å². The molecule has 1 atom stereocenters. The molecule has 2 aliphatic rings. The minimum Gasteiger partial charge on any atom is -0.342 e. The number of carbonyl (C=O) groups is 3. The second kappa shape index (κ2) is 11.1. The van der Waals surface area contributed by atoms with Gasteiger partial charge in [-0.05, 0) is 49.1 Å². The highest BCUT2D eigenvalue weighted by Gasteiger charge is 2.54. The fourth-order valence-corrected chi connectivity index (χ4v) is 5.77. The van der Waals surface area contributed by atoms with Gasteiger partial charge >= 0.3 is 0 Å². The summed E-state index contributed by atoms with van der Waals surface area (Å²) in [6.07, 6.45) is 1.77. The molecule has 0 radical (unpaired) electrons. The zero-order chi connectivity index (χ0) is 26.5. The molecule has 196 valence electrons. The van der Waals surface area contributed by atoms with Gasteiger partial charge in [0.25, 0.3) is 5.91 Å². The van der Waals surface area contributed by atoms with Crippen LogP contribution in [0.4, 0.5) is 11.4 Å². The number of para-hydroxylation sites is 2. The summed E-state index contributed by atoms with van der Waals surface area (Å²) in [6, 6.07) is 29.0. The van der Waals surface area contributed by atoms with Gasteiger partial charge in [-0.1, -0.05) is 73.7 Å². The number of hydrogen-bond donors (Lipinski definition) is 1. The second-order valence-electron chi connectivity index (χ2n) is 10.1. The Morgan fingerprint density at radius 1 is 0.868 bits per heavy atom. The van der Waals surface area contributed by atoms with E-state index in [-0.39, 0.29) is 30.2 Å². The molecule has 2 saturated heterocycles. The van der Waals surface area contributed by atoms with Crippen LogP contribution < -0.4 is 10.2 Å². The van der Waals surface area contributed by atoms with Crippen LogP contribution in [0.1, 0.15) is 37.7 Å². The van der Waals surface area contributed by atoms with Crippen molar-refractivity contribution in [3.63, 3.8) is 0 Å². The molecule has 0 unspecified atom stereocenters. The Balaban J connectivity index is 1.33. The van der Waals surface area contributed by atoms with Gasteiger partial charge in [0.15, 0.2) is 0 Å². The third-order valence-corrected chi connectivity index (χ3v) is 7.78. The molecular weight excluding hydrogens is 476 g/mol. The smallest absolute Gasteiger partial charge is 0.250 e. The van der Waals surface area contributed by atoms with Crippen molar-refractivity contribution in [2.45, 2.75) is 37.6 Å². The van der Waals surface area contributed by atoms with E-state index in [0.29, 0.717) is 38.3 Å². The van der Waals surface area contributed by atoms with Crippen LogP contribution in [0.3, 0.4) is 0 Å². The van der Waals surface area contributed by atoms with Gasteiger partial charge in [-0.15, -0.1) is 0 Å². The van der Waals surface area contributed by atoms with Crippen LogP contribution in [0, 0.1) is 0 Å². The Morgan fingerprint density at radius 2 is 1.45 bits per heavy atom. The molecule has 0 aliphatic carbocycles. The SMILES string of the molecule is CC[C@H](C(=O)N1CCC2(CC1)C(=O)N(CC(=O)Nc1ccccc1)CN2c1ccccc1)c1ccccc1. The van der Waals surface area contributed by atoms with Crippen molar-refractivity contribution in [2.24, 2.45) is 0 Å². The van der Waals surface area contributed by atoms with E-state index in [0.717, 1.165) is 17.7 Å². The molecule has 7 nitrogen and oxygen atoms in total. The maximum Gasteiger partial charge on any atom is 0.250 e. The molecule has 5 rings (SSSR count). The van der Waals surface area contributed by atoms with Crippen molar-refractivity contribution in [1.29, 1.82) is 0 Å². The third kappa shape index (κ3) is 5.01. The number of likely N-dealkylation sites (tertiary alicyclic amines) is 1. The van der Waals surface area contributed by atoms with Crippen LogP contribution in [0.2, 0.25) is 0 Å². The summed E-state index contributed by atoms with van der Waals surface area (Å²) >= 11 is 0. The van der Waals surface area contributed by atoms with Gasteiger partial charge in [0.2, 0.25) is 11.8 Å². The molecule has 0 bridgehead atoms. The molecule has 2 aliphatic heterocycles. The predicted octanol–water partition coefficient (Wildman–Crippen LogP) is 4.49. The van der Waals surface area contributed by atoms with Gasteiger partial charge in [-0.25, -0.2) is 0 Å². The molecule has 3 aromatic rings. The Labute approximate surface area is 224 Å². The molecule has 0 aromatic heterocycles. The van der Waals surface area contributed by atoms with E-state index in [1.54, 1.807) is 4.90 Å². The summed E-state index contributed by atoms with van der Waals surface area (Å²) in [5.41, 5.74) is 1.90. The summed E-state index contributed by atoms with van der Waals surface area (Å²) in [7, 11) is 0. The minimum atomic E-state index is -0.778. The average Bonchev–Trinajstić information content (AvgIpc) is 3.21. The van der Waals surface area contributed by atoms with E-state index in [4.69, 9.17) is 0 Å². The van der Waals surface area contributed by atoms with Crippen LogP contribution in [-0.4, -0.2) is 59.4 Å². The molecule has 3 aromatic carbocycles. The van der Waals surface area contributed by atoms with E-state index >= 15 is 0 Å². The van der Waals surface area contributed by atoms with Crippen molar-refractivity contribution in [3.8, 4) is 0 Å². The molecule has 1 N–H and O–H groups in total. The van der Waals surface area contributed by atoms with E-state index < -0.39 is 5.54 Å². The van der Waals surface area contributed by atoms with Gasteiger partial charge in [0, 0.05) is 24.5 Å². The molecular formula is C31H34N4O3. The number of benzene rings is 3. The van der Waals surface area contributed by atoms with Crippen molar-refractivity contribution in [3.05, 3.63) is 96.6 Å². The summed E-state index contributed by atoms with van der Waals surface area (Å²) in [6.45, 7) is 3.35. The van der Waals surface area contributed by atoms with E-state index in [1.807, 2.05) is 103 Å². The molecule has 2 fully saturated rings. The predicted molar refractivity (Wildman–Crippen MR) is 149 cm³/mol. The topological polar surface area (TPSA) is 73.0 Å². The van der Waals surface area contributed by atoms with Gasteiger partial charge in [-0.2, -0.15) is 0 Å². The lowest BCUT2D eigenvalue weighted by Gasteiger charge is -2.44.